The fraction of sp³-hybridized carbons (Fsp3) is 0.476. The van der Waals surface area contributed by atoms with Crippen LogP contribution in [0.1, 0.15) is 23.2 Å². The first-order valence-corrected chi connectivity index (χ1v) is 13.3. The van der Waals surface area contributed by atoms with E-state index in [1.54, 1.807) is 0 Å². The Morgan fingerprint density at radius 2 is 1.89 bits per heavy atom. The van der Waals surface area contributed by atoms with Gasteiger partial charge in [-0.3, -0.25) is 19.3 Å². The molecule has 0 aliphatic carbocycles. The van der Waals surface area contributed by atoms with E-state index in [-0.39, 0.29) is 60.1 Å². The number of nitrogens with two attached hydrogens (primary N) is 2. The summed E-state index contributed by atoms with van der Waals surface area (Å²) in [6.45, 7) is -0.414. The summed E-state index contributed by atoms with van der Waals surface area (Å²) in [7, 11) is -3.59. The summed E-state index contributed by atoms with van der Waals surface area (Å²) in [4.78, 5) is 48.4. The fourth-order valence-electron chi connectivity index (χ4n) is 5.36. The van der Waals surface area contributed by atoms with E-state index in [2.05, 4.69) is 20.6 Å². The molecule has 37 heavy (non-hydrogen) atoms. The number of likely N-dealkylation sites (tertiary alicyclic amines) is 1. The molecule has 0 radical (unpaired) electrons. The number of sulfone groups is 1. The van der Waals surface area contributed by atoms with Gasteiger partial charge in [-0.2, -0.15) is 0 Å². The first-order valence-electron chi connectivity index (χ1n) is 11.4. The van der Waals surface area contributed by atoms with E-state index in [0.717, 1.165) is 11.2 Å². The molecule has 15 nitrogen and oxygen atoms in total. The molecular formula is C21H26N8O7S. The number of guanidine groups is 2. The number of carbonyl (C=O) groups excluding carboxylic acids is 3. The van der Waals surface area contributed by atoms with E-state index in [4.69, 9.17) is 11.5 Å². The second-order valence-electron chi connectivity index (χ2n) is 9.47. The van der Waals surface area contributed by atoms with Crippen molar-refractivity contribution < 1.29 is 33.0 Å². The Balaban J connectivity index is 1.46. The van der Waals surface area contributed by atoms with Crippen LogP contribution in [-0.4, -0.2) is 107 Å². The first kappa shape index (κ1) is 24.9. The number of nitrogens with zero attached hydrogens (tertiary/aromatic N) is 4. The van der Waals surface area contributed by atoms with Gasteiger partial charge in [0.25, 0.3) is 5.91 Å². The summed E-state index contributed by atoms with van der Waals surface area (Å²) in [6, 6.07) is 1.89. The average molecular weight is 535 g/mol. The van der Waals surface area contributed by atoms with Crippen LogP contribution in [0.3, 0.4) is 0 Å². The van der Waals surface area contributed by atoms with Crippen LogP contribution in [-0.2, 0) is 19.4 Å². The molecule has 5 rings (SSSR count). The first-order chi connectivity index (χ1) is 17.3. The normalized spacial score (nSPS) is 30.4. The molecule has 4 atom stereocenters. The number of carbonyl (C=O) groups is 3. The van der Waals surface area contributed by atoms with Crippen LogP contribution in [0.15, 0.2) is 39.1 Å². The Kier molecular flexibility index (Phi) is 5.47. The monoisotopic (exact) mass is 534 g/mol. The summed E-state index contributed by atoms with van der Waals surface area (Å²) >= 11 is 0. The molecule has 4 aliphatic heterocycles. The number of nitrogens with one attached hydrogen (secondary N) is 2. The lowest BCUT2D eigenvalue weighted by molar-refractivity contribution is -0.230. The smallest absolute Gasteiger partial charge is 0.251 e. The largest absolute Gasteiger partial charge is 0.370 e. The summed E-state index contributed by atoms with van der Waals surface area (Å²) in [5.41, 5.74) is 10.3. The predicted molar refractivity (Wildman–Crippen MR) is 127 cm³/mol. The number of rotatable bonds is 5. The highest BCUT2D eigenvalue weighted by molar-refractivity contribution is 7.90. The Labute approximate surface area is 211 Å². The third-order valence-corrected chi connectivity index (χ3v) is 8.27. The summed E-state index contributed by atoms with van der Waals surface area (Å²) in [5.74, 6) is -4.55. The van der Waals surface area contributed by atoms with Crippen LogP contribution in [0.25, 0.3) is 0 Å². The van der Waals surface area contributed by atoms with Gasteiger partial charge in [0.2, 0.25) is 17.6 Å². The van der Waals surface area contributed by atoms with Crippen molar-refractivity contribution in [2.75, 3.05) is 19.3 Å². The van der Waals surface area contributed by atoms with Gasteiger partial charge in [-0.25, -0.2) is 18.4 Å². The van der Waals surface area contributed by atoms with Crippen molar-refractivity contribution in [3.63, 3.8) is 0 Å². The number of benzene rings is 1. The Morgan fingerprint density at radius 1 is 1.22 bits per heavy atom. The molecule has 198 valence electrons. The van der Waals surface area contributed by atoms with Gasteiger partial charge in [0.05, 0.1) is 17.5 Å². The van der Waals surface area contributed by atoms with Crippen molar-refractivity contribution >= 4 is 39.5 Å². The highest BCUT2D eigenvalue weighted by Gasteiger charge is 2.73. The van der Waals surface area contributed by atoms with E-state index in [0.29, 0.717) is 0 Å². The molecule has 16 heteroatoms. The maximum atomic E-state index is 13.0. The second kappa shape index (κ2) is 8.12. The Bertz CT molecular complexity index is 1360. The number of aliphatic hydroxyl groups is 2. The molecule has 4 aliphatic rings. The molecular weight excluding hydrogens is 508 g/mol. The quantitative estimate of drug-likeness (QED) is 0.157. The molecule has 8 N–H and O–H groups in total. The highest BCUT2D eigenvalue weighted by Crippen LogP contribution is 2.45. The van der Waals surface area contributed by atoms with Crippen LogP contribution in [0, 0.1) is 0 Å². The zero-order chi connectivity index (χ0) is 26.9. The van der Waals surface area contributed by atoms with Crippen LogP contribution in [0.4, 0.5) is 0 Å². The molecule has 2 fully saturated rings. The van der Waals surface area contributed by atoms with Crippen molar-refractivity contribution in [1.29, 1.82) is 0 Å². The molecule has 0 aromatic heterocycles. The lowest BCUT2D eigenvalue weighted by Crippen LogP contribution is -2.78. The van der Waals surface area contributed by atoms with Gasteiger partial charge >= 0.3 is 0 Å². The van der Waals surface area contributed by atoms with Gasteiger partial charge < -0.3 is 37.2 Å². The van der Waals surface area contributed by atoms with Crippen molar-refractivity contribution in [2.24, 2.45) is 21.5 Å². The minimum atomic E-state index is -3.59. The zero-order valence-corrected chi connectivity index (χ0v) is 20.5. The zero-order valence-electron chi connectivity index (χ0n) is 19.7. The van der Waals surface area contributed by atoms with Crippen molar-refractivity contribution in [3.05, 3.63) is 29.8 Å². The average Bonchev–Trinajstić information content (AvgIpc) is 3.41. The number of aliphatic imine (C=N–C) groups is 2. The van der Waals surface area contributed by atoms with E-state index in [9.17, 15) is 33.0 Å². The van der Waals surface area contributed by atoms with Crippen LogP contribution in [0.5, 0.6) is 0 Å². The van der Waals surface area contributed by atoms with Gasteiger partial charge in [-0.05, 0) is 18.2 Å². The van der Waals surface area contributed by atoms with Crippen molar-refractivity contribution in [2.45, 2.75) is 47.3 Å². The van der Waals surface area contributed by atoms with Crippen LogP contribution < -0.4 is 22.1 Å². The lowest BCUT2D eigenvalue weighted by Gasteiger charge is -2.49. The molecule has 1 aromatic rings. The second-order valence-corrected chi connectivity index (χ2v) is 11.5. The Hall–Kier alpha value is -3.76. The molecule has 3 amide bonds. The van der Waals surface area contributed by atoms with Crippen molar-refractivity contribution in [1.82, 2.24) is 20.4 Å². The molecule has 4 heterocycles. The third kappa shape index (κ3) is 3.70. The molecule has 2 saturated heterocycles. The SMILES string of the molecule is CS(=O)(=O)c1cccc(C(=O)NC2CN3C(N)=NC(CN4C(=O)CCC4=O)C4N=C(N)N[C@]43C2(O)O)c1. The van der Waals surface area contributed by atoms with Crippen LogP contribution >= 0.6 is 0 Å². The van der Waals surface area contributed by atoms with Gasteiger partial charge in [0.1, 0.15) is 12.1 Å². The van der Waals surface area contributed by atoms with Crippen molar-refractivity contribution in [3.8, 4) is 0 Å². The minimum Gasteiger partial charge on any atom is -0.370 e. The number of imide groups is 1. The molecule has 1 spiro atoms. The van der Waals surface area contributed by atoms with E-state index in [1.807, 2.05) is 0 Å². The number of amides is 3. The maximum absolute atomic E-state index is 13.0. The lowest BCUT2D eigenvalue weighted by atomic mass is 9.84. The maximum Gasteiger partial charge on any atom is 0.251 e. The molecule has 0 saturated carbocycles. The third-order valence-electron chi connectivity index (χ3n) is 7.16. The van der Waals surface area contributed by atoms with Gasteiger partial charge in [-0.1, -0.05) is 6.07 Å². The summed E-state index contributed by atoms with van der Waals surface area (Å²) in [6.07, 6.45) is 1.13. The number of hydrogen-bond donors (Lipinski definition) is 6. The van der Waals surface area contributed by atoms with Gasteiger partial charge in [-0.15, -0.1) is 0 Å². The van der Waals surface area contributed by atoms with E-state index < -0.39 is 45.3 Å². The van der Waals surface area contributed by atoms with E-state index in [1.165, 1.54) is 29.2 Å². The minimum absolute atomic E-state index is 0.0154. The fourth-order valence-corrected chi connectivity index (χ4v) is 6.03. The van der Waals surface area contributed by atoms with Gasteiger partial charge in [0.15, 0.2) is 27.4 Å². The molecule has 1 aromatic carbocycles. The Morgan fingerprint density at radius 3 is 2.54 bits per heavy atom. The van der Waals surface area contributed by atoms with Gasteiger partial charge in [0, 0.05) is 31.2 Å². The van der Waals surface area contributed by atoms with E-state index >= 15 is 0 Å². The molecule has 3 unspecified atom stereocenters. The highest BCUT2D eigenvalue weighted by atomic mass is 32.2. The number of hydrogen-bond acceptors (Lipinski definition) is 13. The standard InChI is InChI=1S/C21H26N8O7S/c1-37(35,36)11-4-2-3-10(7-11)17(32)25-13-9-29-19(23)24-12(8-28-14(30)5-6-15(28)31)16-20(29,21(13,33)34)27-18(22)26-16/h2-4,7,12-13,16,33-34H,5-6,8-9H2,1H3,(H2,23,24)(H,25,32)(H3,22,26,27)/t12?,13?,16?,20-/m1/s1. The topological polar surface area (TPSA) is 233 Å². The summed E-state index contributed by atoms with van der Waals surface area (Å²) < 4.78 is 23.8. The van der Waals surface area contributed by atoms with Crippen LogP contribution in [0.2, 0.25) is 0 Å². The summed E-state index contributed by atoms with van der Waals surface area (Å²) in [5, 5.41) is 28.2. The molecule has 0 bridgehead atoms. The predicted octanol–water partition coefficient (Wildman–Crippen LogP) is -3.99.